The molecule has 2 aromatic rings. The molecule has 0 saturated carbocycles. The third-order valence-electron chi connectivity index (χ3n) is 3.71. The van der Waals surface area contributed by atoms with Gasteiger partial charge in [0.15, 0.2) is 0 Å². The normalized spacial score (nSPS) is 12.6. The molecule has 0 amide bonds. The number of hydrogen-bond donors (Lipinski definition) is 1. The van der Waals surface area contributed by atoms with Gasteiger partial charge in [-0.1, -0.05) is 30.7 Å². The van der Waals surface area contributed by atoms with Crippen molar-refractivity contribution in [1.82, 2.24) is 15.1 Å². The molecule has 21 heavy (non-hydrogen) atoms. The van der Waals surface area contributed by atoms with Crippen LogP contribution in [-0.4, -0.2) is 23.4 Å². The molecule has 1 atom stereocenters. The highest BCUT2D eigenvalue weighted by Gasteiger charge is 2.19. The summed E-state index contributed by atoms with van der Waals surface area (Å²) in [4.78, 5) is 0. The van der Waals surface area contributed by atoms with E-state index < -0.39 is 0 Å². The van der Waals surface area contributed by atoms with Crippen LogP contribution in [0.5, 0.6) is 0 Å². The van der Waals surface area contributed by atoms with Crippen LogP contribution in [-0.2, 0) is 19.9 Å². The van der Waals surface area contributed by atoms with Crippen molar-refractivity contribution in [2.75, 3.05) is 13.6 Å². The Morgan fingerprint density at radius 1 is 1.43 bits per heavy atom. The van der Waals surface area contributed by atoms with E-state index in [0.29, 0.717) is 0 Å². The van der Waals surface area contributed by atoms with E-state index in [1.807, 2.05) is 31.8 Å². The molecule has 1 unspecified atom stereocenters. The monoisotopic (exact) mass is 309 g/mol. The van der Waals surface area contributed by atoms with Gasteiger partial charge >= 0.3 is 0 Å². The zero-order chi connectivity index (χ0) is 15.4. The Bertz CT molecular complexity index is 610. The van der Waals surface area contributed by atoms with E-state index in [2.05, 4.69) is 10.4 Å². The minimum atomic E-state index is -0.209. The summed E-state index contributed by atoms with van der Waals surface area (Å²) in [7, 11) is 3.80. The lowest BCUT2D eigenvalue weighted by atomic mass is 9.93. The number of benzene rings is 1. The predicted octanol–water partition coefficient (Wildman–Crippen LogP) is 3.32. The van der Waals surface area contributed by atoms with Crippen molar-refractivity contribution < 1.29 is 4.39 Å². The molecule has 5 heteroatoms. The van der Waals surface area contributed by atoms with Gasteiger partial charge in [-0.05, 0) is 37.6 Å². The summed E-state index contributed by atoms with van der Waals surface area (Å²) in [5.74, 6) is -0.0535. The first-order valence-electron chi connectivity index (χ1n) is 7.17. The number of rotatable bonds is 6. The van der Waals surface area contributed by atoms with Gasteiger partial charge in [-0.2, -0.15) is 5.10 Å². The Balaban J connectivity index is 2.30. The van der Waals surface area contributed by atoms with Crippen LogP contribution in [0.4, 0.5) is 4.39 Å². The molecule has 0 fully saturated rings. The molecule has 0 aliphatic heterocycles. The average molecular weight is 310 g/mol. The Morgan fingerprint density at radius 2 is 2.19 bits per heavy atom. The fourth-order valence-electron chi connectivity index (χ4n) is 2.59. The molecule has 0 aliphatic rings. The molecule has 1 N–H and O–H groups in total. The molecule has 0 radical (unpaired) electrons. The second-order valence-corrected chi connectivity index (χ2v) is 5.58. The fraction of sp³-hybridized carbons (Fsp3) is 0.438. The summed E-state index contributed by atoms with van der Waals surface area (Å²) in [5, 5.41) is 8.35. The number of hydrogen-bond acceptors (Lipinski definition) is 2. The van der Waals surface area contributed by atoms with Gasteiger partial charge in [0.2, 0.25) is 0 Å². The van der Waals surface area contributed by atoms with Crippen molar-refractivity contribution >= 4 is 11.6 Å². The molecule has 1 aromatic carbocycles. The van der Waals surface area contributed by atoms with Crippen molar-refractivity contribution in [2.45, 2.75) is 25.7 Å². The number of likely N-dealkylation sites (N-methyl/N-ethyl adjacent to an activating group) is 1. The van der Waals surface area contributed by atoms with E-state index in [9.17, 15) is 4.39 Å². The summed E-state index contributed by atoms with van der Waals surface area (Å²) in [6.45, 7) is 2.79. The largest absolute Gasteiger partial charge is 0.319 e. The molecule has 2 rings (SSSR count). The zero-order valence-electron chi connectivity index (χ0n) is 12.7. The molecule has 3 nitrogen and oxygen atoms in total. The van der Waals surface area contributed by atoms with Gasteiger partial charge in [-0.15, -0.1) is 0 Å². The highest BCUT2D eigenvalue weighted by Crippen LogP contribution is 2.27. The van der Waals surface area contributed by atoms with Crippen LogP contribution in [0.1, 0.15) is 29.8 Å². The highest BCUT2D eigenvalue weighted by molar-refractivity contribution is 6.31. The molecule has 0 saturated heterocycles. The van der Waals surface area contributed by atoms with E-state index >= 15 is 0 Å². The first-order valence-corrected chi connectivity index (χ1v) is 7.54. The maximum atomic E-state index is 13.5. The average Bonchev–Trinajstić information content (AvgIpc) is 2.74. The number of nitrogens with one attached hydrogen (secondary N) is 1. The molecule has 0 aliphatic carbocycles. The van der Waals surface area contributed by atoms with Crippen molar-refractivity contribution in [3.63, 3.8) is 0 Å². The van der Waals surface area contributed by atoms with Gasteiger partial charge in [0, 0.05) is 19.5 Å². The summed E-state index contributed by atoms with van der Waals surface area (Å²) >= 11 is 6.41. The second-order valence-electron chi connectivity index (χ2n) is 5.20. The number of halogens is 2. The molecular weight excluding hydrogens is 289 g/mol. The van der Waals surface area contributed by atoms with E-state index in [1.54, 1.807) is 12.1 Å². The fourth-order valence-corrected chi connectivity index (χ4v) is 2.96. The molecule has 0 spiro atoms. The van der Waals surface area contributed by atoms with Crippen LogP contribution in [0.25, 0.3) is 0 Å². The van der Waals surface area contributed by atoms with E-state index in [1.165, 1.54) is 6.07 Å². The first kappa shape index (κ1) is 16.0. The SMILES string of the molecule is CCc1nn(C)c(CC(CNC)c2cccc(F)c2)c1Cl. The van der Waals surface area contributed by atoms with Crippen LogP contribution in [0.15, 0.2) is 24.3 Å². The molecule has 1 heterocycles. The Labute approximate surface area is 130 Å². The minimum Gasteiger partial charge on any atom is -0.319 e. The van der Waals surface area contributed by atoms with Gasteiger partial charge in [-0.3, -0.25) is 4.68 Å². The van der Waals surface area contributed by atoms with Gasteiger partial charge < -0.3 is 5.32 Å². The Morgan fingerprint density at radius 3 is 2.76 bits per heavy atom. The first-order chi connectivity index (χ1) is 10.1. The Kier molecular flexibility index (Phi) is 5.37. The lowest BCUT2D eigenvalue weighted by Crippen LogP contribution is -2.20. The topological polar surface area (TPSA) is 29.9 Å². The Hall–Kier alpha value is -1.39. The third-order valence-corrected chi connectivity index (χ3v) is 4.15. The highest BCUT2D eigenvalue weighted by atomic mass is 35.5. The summed E-state index contributed by atoms with van der Waals surface area (Å²) in [6.07, 6.45) is 1.54. The van der Waals surface area contributed by atoms with Crippen LogP contribution in [0.3, 0.4) is 0 Å². The quantitative estimate of drug-likeness (QED) is 0.887. The third kappa shape index (κ3) is 3.63. The van der Waals surface area contributed by atoms with Gasteiger partial charge in [-0.25, -0.2) is 4.39 Å². The van der Waals surface area contributed by atoms with Crippen LogP contribution in [0.2, 0.25) is 5.02 Å². The molecule has 114 valence electrons. The predicted molar refractivity (Wildman–Crippen MR) is 84.4 cm³/mol. The molecule has 0 bridgehead atoms. The lowest BCUT2D eigenvalue weighted by Gasteiger charge is -2.17. The van der Waals surface area contributed by atoms with E-state index in [0.717, 1.165) is 41.4 Å². The smallest absolute Gasteiger partial charge is 0.123 e. The second kappa shape index (κ2) is 7.05. The maximum absolute atomic E-state index is 13.5. The summed E-state index contributed by atoms with van der Waals surface area (Å²) in [5.41, 5.74) is 2.88. The summed E-state index contributed by atoms with van der Waals surface area (Å²) in [6, 6.07) is 6.75. The van der Waals surface area contributed by atoms with Crippen LogP contribution in [0, 0.1) is 5.82 Å². The van der Waals surface area contributed by atoms with Gasteiger partial charge in [0.25, 0.3) is 0 Å². The number of nitrogens with zero attached hydrogens (tertiary/aromatic N) is 2. The zero-order valence-corrected chi connectivity index (χ0v) is 13.4. The van der Waals surface area contributed by atoms with Crippen molar-refractivity contribution in [1.29, 1.82) is 0 Å². The number of aromatic nitrogens is 2. The van der Waals surface area contributed by atoms with Crippen LogP contribution >= 0.6 is 11.6 Å². The van der Waals surface area contributed by atoms with Crippen LogP contribution < -0.4 is 5.32 Å². The van der Waals surface area contributed by atoms with E-state index in [4.69, 9.17) is 11.6 Å². The van der Waals surface area contributed by atoms with E-state index in [-0.39, 0.29) is 11.7 Å². The summed E-state index contributed by atoms with van der Waals surface area (Å²) < 4.78 is 15.3. The number of aryl methyl sites for hydroxylation is 2. The maximum Gasteiger partial charge on any atom is 0.123 e. The molecular formula is C16H21ClFN3. The van der Waals surface area contributed by atoms with Crippen molar-refractivity contribution in [2.24, 2.45) is 7.05 Å². The van der Waals surface area contributed by atoms with Gasteiger partial charge in [0.05, 0.1) is 16.4 Å². The standard InChI is InChI=1S/C16H21ClFN3/c1-4-14-16(17)15(21(3)20-14)9-12(10-19-2)11-6-5-7-13(18)8-11/h5-8,12,19H,4,9-10H2,1-3H3. The lowest BCUT2D eigenvalue weighted by molar-refractivity contribution is 0.580. The minimum absolute atomic E-state index is 0.156. The van der Waals surface area contributed by atoms with Gasteiger partial charge in [0.1, 0.15) is 5.82 Å². The van der Waals surface area contributed by atoms with Crippen molar-refractivity contribution in [3.05, 3.63) is 52.1 Å². The molecule has 1 aromatic heterocycles. The van der Waals surface area contributed by atoms with Crippen molar-refractivity contribution in [3.8, 4) is 0 Å².